The zero-order valence-corrected chi connectivity index (χ0v) is 27.6. The van der Waals surface area contributed by atoms with Gasteiger partial charge >= 0.3 is 6.09 Å². The fourth-order valence-corrected chi connectivity index (χ4v) is 11.9. The molecule has 10 heteroatoms. The van der Waals surface area contributed by atoms with Crippen molar-refractivity contribution in [3.8, 4) is 5.82 Å². The molecule has 4 saturated carbocycles. The highest BCUT2D eigenvalue weighted by atomic mass is 32.2. The lowest BCUT2D eigenvalue weighted by Gasteiger charge is -2.69. The molecule has 0 spiro atoms. The quantitative estimate of drug-likeness (QED) is 0.362. The van der Waals surface area contributed by atoms with Gasteiger partial charge in [-0.2, -0.15) is 0 Å². The average Bonchev–Trinajstić information content (AvgIpc) is 3.67. The Bertz CT molecular complexity index is 1360. The Kier molecular flexibility index (Phi) is 8.50. The fraction of sp³-hybridized carbons (Fsp3) is 0.735. The van der Waals surface area contributed by atoms with E-state index < -0.39 is 17.1 Å². The molecule has 2 aromatic heterocycles. The SMILES string of the molecule is CC[C@@H]1C2C[C@H](O)CC[C@]2(C)[C@H]2CC[C@]3(C)C([C@H](C)COC(=O)NS(=O)c4ccc(-n5ccnc5)nc4)CCC3C2(C)[C@@H]1O. The number of nitrogens with zero attached hydrogens (tertiary/aromatic N) is 3. The molecule has 9 nitrogen and oxygen atoms in total. The van der Waals surface area contributed by atoms with E-state index in [1.165, 1.54) is 6.20 Å². The van der Waals surface area contributed by atoms with Gasteiger partial charge in [-0.15, -0.1) is 0 Å². The molecular formula is C34H50N4O5S. The number of aliphatic hydroxyl groups excluding tert-OH is 2. The molecule has 2 heterocycles. The summed E-state index contributed by atoms with van der Waals surface area (Å²) in [5.41, 5.74) is 0.0178. The van der Waals surface area contributed by atoms with Crippen LogP contribution in [0.4, 0.5) is 4.79 Å². The smallest absolute Gasteiger partial charge is 0.419 e. The zero-order chi connectivity index (χ0) is 31.4. The van der Waals surface area contributed by atoms with Gasteiger partial charge in [0.1, 0.15) is 12.1 Å². The molecule has 44 heavy (non-hydrogen) atoms. The number of aromatic nitrogens is 3. The lowest BCUT2D eigenvalue weighted by Crippen LogP contribution is -2.67. The van der Waals surface area contributed by atoms with Gasteiger partial charge in [-0.25, -0.2) is 23.7 Å². The summed E-state index contributed by atoms with van der Waals surface area (Å²) in [7, 11) is -1.78. The summed E-state index contributed by atoms with van der Waals surface area (Å²) in [6, 6.07) is 3.39. The van der Waals surface area contributed by atoms with E-state index in [4.69, 9.17) is 4.74 Å². The number of hydrogen-bond acceptors (Lipinski definition) is 7. The second-order valence-electron chi connectivity index (χ2n) is 15.0. The number of ether oxygens (including phenoxy) is 1. The number of pyridine rings is 1. The van der Waals surface area contributed by atoms with E-state index in [1.807, 2.05) is 0 Å². The first-order valence-electron chi connectivity index (χ1n) is 16.6. The van der Waals surface area contributed by atoms with E-state index in [2.05, 4.69) is 49.3 Å². The first-order valence-corrected chi connectivity index (χ1v) is 17.7. The molecule has 4 aliphatic carbocycles. The van der Waals surface area contributed by atoms with Crippen molar-refractivity contribution < 1.29 is 24.0 Å². The highest BCUT2D eigenvalue weighted by Crippen LogP contribution is 2.74. The summed E-state index contributed by atoms with van der Waals surface area (Å²) >= 11 is 0. The van der Waals surface area contributed by atoms with Gasteiger partial charge in [0, 0.05) is 24.0 Å². The van der Waals surface area contributed by atoms with Crippen LogP contribution in [0.2, 0.25) is 0 Å². The Hall–Kier alpha value is -2.30. The maximum Gasteiger partial charge on any atom is 0.419 e. The number of amides is 1. The molecule has 4 aliphatic rings. The Morgan fingerprint density at radius 1 is 1.14 bits per heavy atom. The van der Waals surface area contributed by atoms with Crippen molar-refractivity contribution in [2.75, 3.05) is 6.61 Å². The predicted molar refractivity (Wildman–Crippen MR) is 168 cm³/mol. The predicted octanol–water partition coefficient (Wildman–Crippen LogP) is 5.67. The van der Waals surface area contributed by atoms with Crippen LogP contribution >= 0.6 is 0 Å². The van der Waals surface area contributed by atoms with Crippen LogP contribution in [-0.4, -0.2) is 53.9 Å². The van der Waals surface area contributed by atoms with Crippen molar-refractivity contribution in [1.82, 2.24) is 19.3 Å². The third-order valence-corrected chi connectivity index (χ3v) is 14.2. The maximum absolute atomic E-state index is 12.8. The summed E-state index contributed by atoms with van der Waals surface area (Å²) in [4.78, 5) is 21.4. The van der Waals surface area contributed by atoms with Crippen molar-refractivity contribution in [2.45, 2.75) is 103 Å². The Labute approximate surface area is 264 Å². The molecule has 12 atom stereocenters. The number of fused-ring (bicyclic) bond motifs is 5. The van der Waals surface area contributed by atoms with E-state index in [9.17, 15) is 19.2 Å². The van der Waals surface area contributed by atoms with Crippen LogP contribution in [0.5, 0.6) is 0 Å². The van der Waals surface area contributed by atoms with Crippen LogP contribution in [0.3, 0.4) is 0 Å². The van der Waals surface area contributed by atoms with Gasteiger partial charge < -0.3 is 14.9 Å². The molecule has 0 aliphatic heterocycles. The number of imidazole rings is 1. The van der Waals surface area contributed by atoms with Crippen molar-refractivity contribution in [1.29, 1.82) is 0 Å². The number of aliphatic hydroxyl groups is 2. The standard InChI is InChI=1S/C34H50N4O5S/c1-6-24-26-17-22(39)11-13-33(26,4)28-12-14-32(3)25(8-9-27(32)34(28,5)30(24)40)21(2)19-43-31(41)37-44(42)23-7-10-29(36-18-23)38-16-15-35-20-38/h7,10,15-16,18,20-22,24-28,30,39-40H,6,8-9,11-14,17,19H2,1-5H3,(H,37,41)/t21-,22-,24-,25?,26?,27?,28-,30-,32-,33+,34?,44?/m1/s1. The van der Waals surface area contributed by atoms with Crippen LogP contribution in [0.1, 0.15) is 86.0 Å². The molecule has 0 bridgehead atoms. The summed E-state index contributed by atoms with van der Waals surface area (Å²) in [6.07, 6.45) is 13.2. The summed E-state index contributed by atoms with van der Waals surface area (Å²) in [5, 5.41) is 22.8. The van der Waals surface area contributed by atoms with Gasteiger partial charge in [-0.05, 0) is 103 Å². The van der Waals surface area contributed by atoms with Crippen molar-refractivity contribution in [3.63, 3.8) is 0 Å². The molecule has 0 aromatic carbocycles. The molecule has 242 valence electrons. The van der Waals surface area contributed by atoms with Crippen LogP contribution in [0, 0.1) is 51.8 Å². The van der Waals surface area contributed by atoms with Gasteiger partial charge in [-0.1, -0.05) is 41.0 Å². The second-order valence-corrected chi connectivity index (χ2v) is 16.2. The third kappa shape index (κ3) is 5.03. The number of rotatable bonds is 7. The average molecular weight is 627 g/mol. The van der Waals surface area contributed by atoms with E-state index in [-0.39, 0.29) is 46.9 Å². The summed E-state index contributed by atoms with van der Waals surface area (Å²) in [5.74, 6) is 2.56. The molecule has 3 N–H and O–H groups in total. The van der Waals surface area contributed by atoms with Crippen LogP contribution in [-0.2, 0) is 15.7 Å². The van der Waals surface area contributed by atoms with Crippen LogP contribution in [0.15, 0.2) is 41.9 Å². The van der Waals surface area contributed by atoms with Crippen LogP contribution < -0.4 is 4.72 Å². The number of carbonyl (C=O) groups is 1. The normalized spacial score (nSPS) is 41.1. The minimum atomic E-state index is -1.78. The molecule has 1 amide bonds. The lowest BCUT2D eigenvalue weighted by molar-refractivity contribution is -0.250. The topological polar surface area (TPSA) is 127 Å². The molecule has 4 fully saturated rings. The highest BCUT2D eigenvalue weighted by Gasteiger charge is 2.70. The minimum absolute atomic E-state index is 0.0482. The number of hydrogen-bond donors (Lipinski definition) is 3. The Balaban J connectivity index is 1.11. The van der Waals surface area contributed by atoms with Gasteiger partial charge in [-0.3, -0.25) is 4.57 Å². The third-order valence-electron chi connectivity index (χ3n) is 13.1. The summed E-state index contributed by atoms with van der Waals surface area (Å²) < 4.78 is 22.6. The molecule has 0 saturated heterocycles. The number of carbonyl (C=O) groups excluding carboxylic acids is 1. The van der Waals surface area contributed by atoms with Gasteiger partial charge in [0.25, 0.3) is 0 Å². The van der Waals surface area contributed by atoms with Gasteiger partial charge in [0.15, 0.2) is 11.0 Å². The van der Waals surface area contributed by atoms with Crippen LogP contribution in [0.25, 0.3) is 5.82 Å². The first kappa shape index (κ1) is 31.7. The van der Waals surface area contributed by atoms with E-state index in [0.717, 1.165) is 51.4 Å². The van der Waals surface area contributed by atoms with E-state index in [0.29, 0.717) is 34.4 Å². The molecule has 2 aromatic rings. The molecule has 6 rings (SSSR count). The Morgan fingerprint density at radius 3 is 2.57 bits per heavy atom. The highest BCUT2D eigenvalue weighted by molar-refractivity contribution is 7.83. The van der Waals surface area contributed by atoms with E-state index in [1.54, 1.807) is 35.4 Å². The van der Waals surface area contributed by atoms with Crippen molar-refractivity contribution in [3.05, 3.63) is 37.1 Å². The van der Waals surface area contributed by atoms with Crippen molar-refractivity contribution in [2.24, 2.45) is 51.8 Å². The Morgan fingerprint density at radius 2 is 1.89 bits per heavy atom. The van der Waals surface area contributed by atoms with E-state index >= 15 is 0 Å². The monoisotopic (exact) mass is 626 g/mol. The van der Waals surface area contributed by atoms with Gasteiger partial charge in [0.2, 0.25) is 0 Å². The van der Waals surface area contributed by atoms with Crippen molar-refractivity contribution >= 4 is 17.1 Å². The first-order chi connectivity index (χ1) is 20.9. The largest absolute Gasteiger partial charge is 0.449 e. The summed E-state index contributed by atoms with van der Waals surface area (Å²) in [6.45, 7) is 11.9. The molecular weight excluding hydrogens is 576 g/mol. The minimum Gasteiger partial charge on any atom is -0.449 e. The molecule has 5 unspecified atom stereocenters. The zero-order valence-electron chi connectivity index (χ0n) is 26.8. The maximum atomic E-state index is 12.8. The number of nitrogens with one attached hydrogen (secondary N) is 1. The lowest BCUT2D eigenvalue weighted by atomic mass is 9.36. The second kappa shape index (κ2) is 11.8. The molecule has 0 radical (unpaired) electrons. The fourth-order valence-electron chi connectivity index (χ4n) is 11.2. The van der Waals surface area contributed by atoms with Gasteiger partial charge in [0.05, 0.1) is 23.7 Å².